The first kappa shape index (κ1) is 82.7. The Morgan fingerprint density at radius 2 is 0.621 bits per heavy atom. The molecule has 9 nitrogen and oxygen atoms in total. The standard InChI is InChI=1S/C78H133NO8/c1-6-8-10-12-14-16-18-20-22-24-26-28-30-31-32-33-34-35-36-37-38-39-40-41-42-43-44-45-47-49-51-53-55-57-59-61-63-65-67-69-76(81)87-74(73-86-78(77(82)83)84-71-70-79(3,4)5)72-85-75(80)68-66-64-62-60-58-56-54-52-50-48-46-29-27-25-23-21-19-17-15-13-11-9-7-2/h8-11,14-17,20-23,26-29,31-32,34-35,74,78H,6-7,12-13,18-19,24-25,30,33,36-73H2,1-5H3/b10-8-,11-9-,16-14-,17-15-,22-20-,23-21-,28-26-,29-27-,32-31-,35-34-. The van der Waals surface area contributed by atoms with Crippen LogP contribution in [0.5, 0.6) is 0 Å². The molecule has 0 aliphatic rings. The molecule has 9 heteroatoms. The molecule has 0 aliphatic carbocycles. The van der Waals surface area contributed by atoms with Crippen molar-refractivity contribution in [1.82, 2.24) is 0 Å². The Morgan fingerprint density at radius 3 is 0.920 bits per heavy atom. The molecule has 0 fully saturated rings. The minimum Gasteiger partial charge on any atom is -0.545 e. The summed E-state index contributed by atoms with van der Waals surface area (Å²) in [6.07, 6.45) is 92.9. The number of rotatable bonds is 65. The first-order valence-electron chi connectivity index (χ1n) is 35.7. The van der Waals surface area contributed by atoms with Gasteiger partial charge in [-0.05, 0) is 103 Å². The number of carboxylic acids is 1. The lowest BCUT2D eigenvalue weighted by Crippen LogP contribution is -2.44. The molecule has 0 radical (unpaired) electrons. The molecular weight excluding hydrogens is 1080 g/mol. The van der Waals surface area contributed by atoms with Gasteiger partial charge >= 0.3 is 11.9 Å². The van der Waals surface area contributed by atoms with Crippen LogP contribution in [0.4, 0.5) is 0 Å². The van der Waals surface area contributed by atoms with Crippen LogP contribution in [0.15, 0.2) is 122 Å². The number of esters is 2. The Labute approximate surface area is 536 Å². The van der Waals surface area contributed by atoms with Crippen LogP contribution in [-0.4, -0.2) is 82.3 Å². The monoisotopic (exact) mass is 1210 g/mol. The van der Waals surface area contributed by atoms with Crippen molar-refractivity contribution in [1.29, 1.82) is 0 Å². The van der Waals surface area contributed by atoms with E-state index in [4.69, 9.17) is 18.9 Å². The third-order valence-electron chi connectivity index (χ3n) is 15.2. The van der Waals surface area contributed by atoms with Crippen LogP contribution in [0.25, 0.3) is 0 Å². The van der Waals surface area contributed by atoms with Crippen LogP contribution in [0, 0.1) is 0 Å². The summed E-state index contributed by atoms with van der Waals surface area (Å²) in [5, 5.41) is 11.8. The fourth-order valence-electron chi connectivity index (χ4n) is 9.83. The van der Waals surface area contributed by atoms with Gasteiger partial charge in [0.25, 0.3) is 0 Å². The average molecular weight is 1210 g/mol. The van der Waals surface area contributed by atoms with Crippen molar-refractivity contribution < 1.29 is 42.9 Å². The summed E-state index contributed by atoms with van der Waals surface area (Å²) in [6, 6.07) is 0. The Balaban J connectivity index is 4.05. The summed E-state index contributed by atoms with van der Waals surface area (Å²) in [4.78, 5) is 37.5. The molecule has 0 aromatic heterocycles. The molecule has 0 rings (SSSR count). The number of unbranched alkanes of at least 4 members (excludes halogenated alkanes) is 30. The summed E-state index contributed by atoms with van der Waals surface area (Å²) >= 11 is 0. The van der Waals surface area contributed by atoms with Gasteiger partial charge in [-0.25, -0.2) is 0 Å². The molecule has 498 valence electrons. The van der Waals surface area contributed by atoms with E-state index in [0.717, 1.165) is 103 Å². The number of carboxylic acid groups (broad SMARTS) is 1. The lowest BCUT2D eigenvalue weighted by molar-refractivity contribution is -0.870. The van der Waals surface area contributed by atoms with Crippen LogP contribution in [0.3, 0.4) is 0 Å². The second-order valence-corrected chi connectivity index (χ2v) is 24.8. The molecule has 0 saturated heterocycles. The summed E-state index contributed by atoms with van der Waals surface area (Å²) in [7, 11) is 5.93. The molecule has 0 aromatic carbocycles. The van der Waals surface area contributed by atoms with Crippen molar-refractivity contribution in [3.05, 3.63) is 122 Å². The highest BCUT2D eigenvalue weighted by atomic mass is 16.7. The minimum atomic E-state index is -1.63. The highest BCUT2D eigenvalue weighted by molar-refractivity contribution is 5.70. The number of ether oxygens (including phenoxy) is 4. The van der Waals surface area contributed by atoms with E-state index >= 15 is 0 Å². The molecule has 87 heavy (non-hydrogen) atoms. The van der Waals surface area contributed by atoms with Crippen LogP contribution in [-0.2, 0) is 33.3 Å². The summed E-state index contributed by atoms with van der Waals surface area (Å²) in [6.45, 7) is 4.54. The second kappa shape index (κ2) is 67.6. The molecule has 0 heterocycles. The topological polar surface area (TPSA) is 111 Å². The fourth-order valence-corrected chi connectivity index (χ4v) is 9.83. The molecule has 0 N–H and O–H groups in total. The maximum atomic E-state index is 12.9. The van der Waals surface area contributed by atoms with Crippen molar-refractivity contribution in [2.75, 3.05) is 47.5 Å². The minimum absolute atomic E-state index is 0.144. The van der Waals surface area contributed by atoms with Gasteiger partial charge in [-0.3, -0.25) is 9.59 Å². The zero-order valence-electron chi connectivity index (χ0n) is 56.9. The first-order chi connectivity index (χ1) is 42.6. The molecule has 0 aliphatic heterocycles. The number of hydrogen-bond donors (Lipinski definition) is 0. The van der Waals surface area contributed by atoms with E-state index < -0.39 is 24.3 Å². The SMILES string of the molecule is CC/C=C\C/C=C\C/C=C\C/C=C\C/C=C\C/C=C\CCCCCCCCCCCCCCCCCCCCCCC(=O)OC(COC(=O)CCCCCCCCCCCC/C=C\C/C=C\C/C=C\C/C=C\CC)COC(OCC[N+](C)(C)C)C(=O)[O-]. The third-order valence-corrected chi connectivity index (χ3v) is 15.2. The normalized spacial score (nSPS) is 13.4. The Kier molecular flexibility index (Phi) is 64.3. The van der Waals surface area contributed by atoms with Crippen molar-refractivity contribution in [2.45, 2.75) is 309 Å². The van der Waals surface area contributed by atoms with Gasteiger partial charge in [-0.2, -0.15) is 0 Å². The highest BCUT2D eigenvalue weighted by Gasteiger charge is 2.22. The van der Waals surface area contributed by atoms with Crippen molar-refractivity contribution in [3.8, 4) is 0 Å². The number of allylic oxidation sites excluding steroid dienone is 20. The van der Waals surface area contributed by atoms with Crippen LogP contribution < -0.4 is 5.11 Å². The van der Waals surface area contributed by atoms with E-state index in [1.807, 2.05) is 21.1 Å². The Hall–Kier alpha value is -4.31. The van der Waals surface area contributed by atoms with E-state index in [2.05, 4.69) is 135 Å². The summed E-state index contributed by atoms with van der Waals surface area (Å²) < 4.78 is 22.8. The second-order valence-electron chi connectivity index (χ2n) is 24.8. The number of aliphatic carboxylic acids is 1. The number of likely N-dealkylation sites (N-methyl/N-ethyl adjacent to an activating group) is 1. The van der Waals surface area contributed by atoms with Crippen LogP contribution >= 0.6 is 0 Å². The van der Waals surface area contributed by atoms with Crippen molar-refractivity contribution in [3.63, 3.8) is 0 Å². The predicted octanol–water partition coefficient (Wildman–Crippen LogP) is 21.0. The van der Waals surface area contributed by atoms with E-state index in [1.165, 1.54) is 161 Å². The number of carbonyl (C=O) groups excluding carboxylic acids is 3. The number of hydrogen-bond acceptors (Lipinski definition) is 8. The zero-order chi connectivity index (χ0) is 63.3. The number of quaternary nitrogens is 1. The van der Waals surface area contributed by atoms with E-state index in [-0.39, 0.29) is 38.6 Å². The van der Waals surface area contributed by atoms with Gasteiger partial charge < -0.3 is 33.3 Å². The summed E-state index contributed by atoms with van der Waals surface area (Å²) in [5.41, 5.74) is 0. The summed E-state index contributed by atoms with van der Waals surface area (Å²) in [5.74, 6) is -2.28. The number of nitrogens with zero attached hydrogens (tertiary/aromatic N) is 1. The molecule has 0 aromatic rings. The van der Waals surface area contributed by atoms with Crippen LogP contribution in [0.1, 0.15) is 296 Å². The largest absolute Gasteiger partial charge is 0.545 e. The molecular formula is C78H133NO8. The average Bonchev–Trinajstić information content (AvgIpc) is 3.55. The van der Waals surface area contributed by atoms with Crippen LogP contribution in [0.2, 0.25) is 0 Å². The molecule has 2 atom stereocenters. The molecule has 0 saturated carbocycles. The molecule has 2 unspecified atom stereocenters. The number of carbonyl (C=O) groups is 3. The van der Waals surface area contributed by atoms with Gasteiger partial charge in [-0.15, -0.1) is 0 Å². The Morgan fingerprint density at radius 1 is 0.345 bits per heavy atom. The lowest BCUT2D eigenvalue weighted by atomic mass is 10.0. The Bertz CT molecular complexity index is 1840. The smallest absolute Gasteiger partial charge is 0.306 e. The molecule has 0 amide bonds. The van der Waals surface area contributed by atoms with Gasteiger partial charge in [0.1, 0.15) is 13.2 Å². The van der Waals surface area contributed by atoms with Gasteiger partial charge in [0.05, 0.1) is 40.3 Å². The van der Waals surface area contributed by atoms with Crippen molar-refractivity contribution >= 4 is 17.9 Å². The predicted molar refractivity (Wildman–Crippen MR) is 370 cm³/mol. The maximum Gasteiger partial charge on any atom is 0.306 e. The highest BCUT2D eigenvalue weighted by Crippen LogP contribution is 2.17. The van der Waals surface area contributed by atoms with Crippen molar-refractivity contribution in [2.24, 2.45) is 0 Å². The zero-order valence-corrected chi connectivity index (χ0v) is 56.9. The van der Waals surface area contributed by atoms with Gasteiger partial charge in [0.15, 0.2) is 12.4 Å². The fraction of sp³-hybridized carbons (Fsp3) is 0.705. The van der Waals surface area contributed by atoms with Gasteiger partial charge in [-0.1, -0.05) is 302 Å². The van der Waals surface area contributed by atoms with E-state index in [0.29, 0.717) is 17.4 Å². The molecule has 0 bridgehead atoms. The van der Waals surface area contributed by atoms with Gasteiger partial charge in [0.2, 0.25) is 0 Å². The van der Waals surface area contributed by atoms with E-state index in [1.54, 1.807) is 0 Å². The molecule has 0 spiro atoms. The maximum absolute atomic E-state index is 12.9. The van der Waals surface area contributed by atoms with E-state index in [9.17, 15) is 19.5 Å². The lowest BCUT2D eigenvalue weighted by Gasteiger charge is -2.26. The first-order valence-corrected chi connectivity index (χ1v) is 35.7. The quantitative estimate of drug-likeness (QED) is 0.0195. The third kappa shape index (κ3) is 69.0. The van der Waals surface area contributed by atoms with Gasteiger partial charge in [0, 0.05) is 12.8 Å².